The second-order valence-corrected chi connectivity index (χ2v) is 5.32. The molecule has 1 aromatic carbocycles. The number of aryl methyl sites for hydroxylation is 1. The fourth-order valence-electron chi connectivity index (χ4n) is 2.22. The molecule has 0 spiro atoms. The van der Waals surface area contributed by atoms with Crippen molar-refractivity contribution >= 4 is 29.7 Å². The van der Waals surface area contributed by atoms with Crippen molar-refractivity contribution in [2.75, 3.05) is 17.7 Å². The summed E-state index contributed by atoms with van der Waals surface area (Å²) in [5, 5.41) is 6.58. The Morgan fingerprint density at radius 1 is 1.36 bits per heavy atom. The van der Waals surface area contributed by atoms with Crippen LogP contribution in [0.3, 0.4) is 0 Å². The summed E-state index contributed by atoms with van der Waals surface area (Å²) in [7, 11) is 0. The number of hydrogen-bond donors (Lipinski definition) is 3. The molecule has 0 unspecified atom stereocenters. The fourth-order valence-corrected chi connectivity index (χ4v) is 2.22. The van der Waals surface area contributed by atoms with Gasteiger partial charge in [0.05, 0.1) is 6.21 Å². The van der Waals surface area contributed by atoms with Gasteiger partial charge in [-0.05, 0) is 30.2 Å². The van der Waals surface area contributed by atoms with Crippen LogP contribution in [0.4, 0.5) is 11.6 Å². The highest BCUT2D eigenvalue weighted by molar-refractivity contribution is 5.94. The topological polar surface area (TPSA) is 132 Å². The molecule has 25 heavy (non-hydrogen) atoms. The smallest absolute Gasteiger partial charge is 0.277 e. The van der Waals surface area contributed by atoms with E-state index in [0.717, 1.165) is 11.3 Å². The van der Waals surface area contributed by atoms with Crippen LogP contribution in [0.25, 0.3) is 0 Å². The van der Waals surface area contributed by atoms with Gasteiger partial charge in [0.15, 0.2) is 6.61 Å². The van der Waals surface area contributed by atoms with E-state index in [-0.39, 0.29) is 18.5 Å². The minimum atomic E-state index is -0.404. The Labute approximate surface area is 143 Å². The van der Waals surface area contributed by atoms with Crippen molar-refractivity contribution in [1.29, 1.82) is 0 Å². The average molecular weight is 340 g/mol. The molecule has 1 aliphatic heterocycles. The number of carbonyl (C=O) groups excluding carboxylic acids is 2. The first-order chi connectivity index (χ1) is 12.1. The van der Waals surface area contributed by atoms with Crippen molar-refractivity contribution < 1.29 is 14.3 Å². The molecule has 0 aliphatic carbocycles. The first-order valence-electron chi connectivity index (χ1n) is 7.55. The quantitative estimate of drug-likeness (QED) is 0.535. The standard InChI is InChI=1S/C16H16N6O3/c17-16-18-6-10(7-19-16)8-20-22-15(24)9-25-12-2-3-13-11(5-12)1-4-14(23)21-13/h2-3,5-8H,1,4,9H2,(H,21,23)(H,22,24)(H2,17,18,19)/b20-8+. The zero-order valence-electron chi connectivity index (χ0n) is 13.2. The molecule has 9 heteroatoms. The van der Waals surface area contributed by atoms with Gasteiger partial charge in [0.25, 0.3) is 5.91 Å². The van der Waals surface area contributed by atoms with E-state index in [1.54, 1.807) is 12.1 Å². The normalized spacial score (nSPS) is 13.2. The lowest BCUT2D eigenvalue weighted by Gasteiger charge is -2.17. The first-order valence-corrected chi connectivity index (χ1v) is 7.55. The number of ether oxygens (including phenoxy) is 1. The summed E-state index contributed by atoms with van der Waals surface area (Å²) >= 11 is 0. The number of hydrogen-bond acceptors (Lipinski definition) is 7. The second kappa shape index (κ2) is 7.39. The average Bonchev–Trinajstić information content (AvgIpc) is 2.61. The molecule has 1 aromatic heterocycles. The van der Waals surface area contributed by atoms with Crippen LogP contribution >= 0.6 is 0 Å². The lowest BCUT2D eigenvalue weighted by atomic mass is 10.0. The molecule has 0 fully saturated rings. The molecule has 0 saturated carbocycles. The summed E-state index contributed by atoms with van der Waals surface area (Å²) in [6.45, 7) is -0.180. The van der Waals surface area contributed by atoms with Crippen LogP contribution in [0.1, 0.15) is 17.5 Å². The Morgan fingerprint density at radius 3 is 2.96 bits per heavy atom. The van der Waals surface area contributed by atoms with E-state index in [0.29, 0.717) is 24.2 Å². The molecular weight excluding hydrogens is 324 g/mol. The van der Waals surface area contributed by atoms with Crippen molar-refractivity contribution in [3.05, 3.63) is 41.7 Å². The van der Waals surface area contributed by atoms with Crippen LogP contribution < -0.4 is 21.2 Å². The third-order valence-corrected chi connectivity index (χ3v) is 3.44. The largest absolute Gasteiger partial charge is 0.484 e. The molecule has 9 nitrogen and oxygen atoms in total. The number of benzene rings is 1. The number of anilines is 2. The highest BCUT2D eigenvalue weighted by atomic mass is 16.5. The van der Waals surface area contributed by atoms with Crippen LogP contribution in [0.15, 0.2) is 35.7 Å². The number of nitrogens with one attached hydrogen (secondary N) is 2. The molecule has 2 aromatic rings. The molecule has 4 N–H and O–H groups in total. The van der Waals surface area contributed by atoms with Crippen molar-refractivity contribution in [1.82, 2.24) is 15.4 Å². The van der Waals surface area contributed by atoms with E-state index in [4.69, 9.17) is 10.5 Å². The Bertz CT molecular complexity index is 819. The summed E-state index contributed by atoms with van der Waals surface area (Å²) in [4.78, 5) is 30.7. The van der Waals surface area contributed by atoms with E-state index in [1.165, 1.54) is 18.6 Å². The van der Waals surface area contributed by atoms with E-state index in [1.807, 2.05) is 6.07 Å². The van der Waals surface area contributed by atoms with Crippen LogP contribution in [0.2, 0.25) is 0 Å². The van der Waals surface area contributed by atoms with E-state index in [9.17, 15) is 9.59 Å². The van der Waals surface area contributed by atoms with Gasteiger partial charge in [-0.2, -0.15) is 5.10 Å². The summed E-state index contributed by atoms with van der Waals surface area (Å²) in [5.74, 6) is 0.323. The number of nitrogen functional groups attached to an aromatic ring is 1. The zero-order valence-corrected chi connectivity index (χ0v) is 13.2. The third-order valence-electron chi connectivity index (χ3n) is 3.44. The van der Waals surface area contributed by atoms with E-state index in [2.05, 4.69) is 25.8 Å². The number of nitrogens with zero attached hydrogens (tertiary/aromatic N) is 3. The number of fused-ring (bicyclic) bond motifs is 1. The van der Waals surface area contributed by atoms with Crippen molar-refractivity contribution in [2.45, 2.75) is 12.8 Å². The zero-order chi connectivity index (χ0) is 17.6. The number of carbonyl (C=O) groups is 2. The van der Waals surface area contributed by atoms with E-state index >= 15 is 0 Å². The van der Waals surface area contributed by atoms with Gasteiger partial charge >= 0.3 is 0 Å². The fraction of sp³-hybridized carbons (Fsp3) is 0.188. The molecule has 0 radical (unpaired) electrons. The predicted molar refractivity (Wildman–Crippen MR) is 91.1 cm³/mol. The van der Waals surface area contributed by atoms with Gasteiger partial charge in [-0.1, -0.05) is 0 Å². The molecule has 0 saturated heterocycles. The number of hydrazone groups is 1. The van der Waals surface area contributed by atoms with Gasteiger partial charge in [0, 0.05) is 30.1 Å². The van der Waals surface area contributed by atoms with Crippen LogP contribution in [0.5, 0.6) is 5.75 Å². The number of rotatable bonds is 5. The monoisotopic (exact) mass is 340 g/mol. The second-order valence-electron chi connectivity index (χ2n) is 5.32. The molecule has 0 atom stereocenters. The number of aromatic nitrogens is 2. The number of amides is 2. The van der Waals surface area contributed by atoms with Crippen LogP contribution in [0, 0.1) is 0 Å². The van der Waals surface area contributed by atoms with Crippen molar-refractivity contribution in [3.63, 3.8) is 0 Å². The minimum Gasteiger partial charge on any atom is -0.484 e. The van der Waals surface area contributed by atoms with Gasteiger partial charge < -0.3 is 15.8 Å². The molecule has 3 rings (SSSR count). The number of nitrogens with two attached hydrogens (primary N) is 1. The highest BCUT2D eigenvalue weighted by Crippen LogP contribution is 2.26. The highest BCUT2D eigenvalue weighted by Gasteiger charge is 2.15. The Hall–Kier alpha value is -3.49. The lowest BCUT2D eigenvalue weighted by molar-refractivity contribution is -0.123. The van der Waals surface area contributed by atoms with Gasteiger partial charge in [-0.3, -0.25) is 9.59 Å². The minimum absolute atomic E-state index is 0.00455. The van der Waals surface area contributed by atoms with Crippen LogP contribution in [-0.2, 0) is 16.0 Å². The van der Waals surface area contributed by atoms with Crippen LogP contribution in [-0.4, -0.2) is 34.6 Å². The maximum absolute atomic E-state index is 11.7. The Kier molecular flexibility index (Phi) is 4.84. The maximum Gasteiger partial charge on any atom is 0.277 e. The van der Waals surface area contributed by atoms with Gasteiger partial charge in [-0.15, -0.1) is 0 Å². The predicted octanol–water partition coefficient (Wildman–Crippen LogP) is 0.473. The summed E-state index contributed by atoms with van der Waals surface area (Å²) in [6, 6.07) is 5.28. The first kappa shape index (κ1) is 16.4. The SMILES string of the molecule is Nc1ncc(/C=N/NC(=O)COc2ccc3c(c2)CCC(=O)N3)cn1. The third kappa shape index (κ3) is 4.50. The Balaban J connectivity index is 1.49. The van der Waals surface area contributed by atoms with Gasteiger partial charge in [0.2, 0.25) is 11.9 Å². The van der Waals surface area contributed by atoms with Crippen molar-refractivity contribution in [2.24, 2.45) is 5.10 Å². The maximum atomic E-state index is 11.7. The molecule has 1 aliphatic rings. The Morgan fingerprint density at radius 2 is 2.16 bits per heavy atom. The van der Waals surface area contributed by atoms with E-state index < -0.39 is 5.91 Å². The molecular formula is C16H16N6O3. The molecule has 128 valence electrons. The van der Waals surface area contributed by atoms with Gasteiger partial charge in [-0.25, -0.2) is 15.4 Å². The summed E-state index contributed by atoms with van der Waals surface area (Å²) < 4.78 is 5.44. The molecule has 2 heterocycles. The van der Waals surface area contributed by atoms with Gasteiger partial charge in [0.1, 0.15) is 5.75 Å². The van der Waals surface area contributed by atoms with Crippen molar-refractivity contribution in [3.8, 4) is 5.75 Å². The molecule has 0 bridgehead atoms. The summed E-state index contributed by atoms with van der Waals surface area (Å²) in [6.07, 6.45) is 5.47. The summed E-state index contributed by atoms with van der Waals surface area (Å²) in [5.41, 5.74) is 10.1. The lowest BCUT2D eigenvalue weighted by Crippen LogP contribution is -2.24. The molecule has 2 amide bonds.